The molecule has 204 valence electrons. The van der Waals surface area contributed by atoms with Crippen molar-refractivity contribution in [2.75, 3.05) is 7.11 Å². The van der Waals surface area contributed by atoms with Crippen molar-refractivity contribution >= 4 is 14.3 Å². The van der Waals surface area contributed by atoms with Gasteiger partial charge in [-0.25, -0.2) is 0 Å². The summed E-state index contributed by atoms with van der Waals surface area (Å²) in [4.78, 5) is 13.8. The van der Waals surface area contributed by atoms with E-state index in [1.54, 1.807) is 0 Å². The summed E-state index contributed by atoms with van der Waals surface area (Å²) in [6, 6.07) is 20.9. The Morgan fingerprint density at radius 2 is 1.30 bits per heavy atom. The van der Waals surface area contributed by atoms with Crippen molar-refractivity contribution < 1.29 is 14.0 Å². The quantitative estimate of drug-likeness (QED) is 0.0952. The minimum absolute atomic E-state index is 0.103. The van der Waals surface area contributed by atoms with Crippen LogP contribution in [0.5, 0.6) is 0 Å². The Morgan fingerprint density at radius 3 is 1.78 bits per heavy atom. The molecule has 2 aromatic carbocycles. The number of esters is 1. The molecule has 0 bridgehead atoms. The van der Waals surface area contributed by atoms with Gasteiger partial charge in [0.25, 0.3) is 0 Å². The number of ether oxygens (including phenoxy) is 1. The highest BCUT2D eigenvalue weighted by Crippen LogP contribution is 2.46. The second-order valence-corrected chi connectivity index (χ2v) is 15.7. The largest absolute Gasteiger partial charge is 0.469 e. The van der Waals surface area contributed by atoms with Crippen LogP contribution in [0, 0.1) is 5.92 Å². The van der Waals surface area contributed by atoms with Gasteiger partial charge < -0.3 is 9.16 Å². The minimum atomic E-state index is -2.01. The third-order valence-electron chi connectivity index (χ3n) is 7.05. The monoisotopic (exact) mass is 522 g/mol. The third kappa shape index (κ3) is 9.90. The molecule has 0 aliphatic rings. The number of allylic oxidation sites excluding steroid dienone is 2. The molecule has 0 aliphatic heterocycles. The molecule has 3 atom stereocenters. The van der Waals surface area contributed by atoms with Gasteiger partial charge in [-0.3, -0.25) is 4.79 Å². The molecule has 0 aliphatic carbocycles. The summed E-state index contributed by atoms with van der Waals surface area (Å²) < 4.78 is 12.4. The van der Waals surface area contributed by atoms with Gasteiger partial charge in [0.1, 0.15) is 0 Å². The van der Waals surface area contributed by atoms with E-state index in [0.717, 1.165) is 24.8 Å². The topological polar surface area (TPSA) is 35.5 Å². The zero-order chi connectivity index (χ0) is 27.3. The van der Waals surface area contributed by atoms with Gasteiger partial charge in [-0.15, -0.1) is 0 Å². The first-order valence-electron chi connectivity index (χ1n) is 14.3. The molecule has 0 saturated carbocycles. The van der Waals surface area contributed by atoms with Crippen LogP contribution in [0.2, 0.25) is 19.6 Å². The number of methoxy groups -OCH3 is 1. The molecule has 0 spiro atoms. The van der Waals surface area contributed by atoms with Crippen LogP contribution in [-0.4, -0.2) is 21.4 Å². The highest BCUT2D eigenvalue weighted by Gasteiger charge is 2.42. The van der Waals surface area contributed by atoms with Crippen LogP contribution in [0.15, 0.2) is 71.8 Å². The SMILES string of the molecule is CCCCC/C(C)=C(\CCCCC)C(c1ccccc1)C(C(=O)OC)C(O[Si](C)(C)C)c1ccccc1. The molecule has 2 rings (SSSR count). The number of rotatable bonds is 16. The number of hydrogen-bond acceptors (Lipinski definition) is 3. The van der Waals surface area contributed by atoms with Crippen molar-refractivity contribution in [2.24, 2.45) is 5.92 Å². The van der Waals surface area contributed by atoms with Crippen molar-refractivity contribution in [2.45, 2.75) is 104 Å². The smallest absolute Gasteiger partial charge is 0.312 e. The second-order valence-electron chi connectivity index (χ2n) is 11.2. The Morgan fingerprint density at radius 1 is 0.784 bits per heavy atom. The lowest BCUT2D eigenvalue weighted by Crippen LogP contribution is -2.38. The van der Waals surface area contributed by atoms with Crippen LogP contribution in [0.1, 0.15) is 95.3 Å². The van der Waals surface area contributed by atoms with E-state index in [1.165, 1.54) is 55.9 Å². The molecular weight excluding hydrogens is 472 g/mol. The number of carbonyl (C=O) groups is 1. The Balaban J connectivity index is 2.77. The van der Waals surface area contributed by atoms with Gasteiger partial charge in [-0.1, -0.05) is 111 Å². The van der Waals surface area contributed by atoms with Gasteiger partial charge in [0.15, 0.2) is 8.32 Å². The van der Waals surface area contributed by atoms with E-state index in [-0.39, 0.29) is 18.0 Å². The highest BCUT2D eigenvalue weighted by atomic mass is 28.4. The lowest BCUT2D eigenvalue weighted by Gasteiger charge is -2.38. The van der Waals surface area contributed by atoms with Gasteiger partial charge in [-0.2, -0.15) is 0 Å². The molecule has 4 heteroatoms. The minimum Gasteiger partial charge on any atom is -0.469 e. The normalized spacial score (nSPS) is 15.0. The summed E-state index contributed by atoms with van der Waals surface area (Å²) in [5.41, 5.74) is 5.02. The van der Waals surface area contributed by atoms with Crippen LogP contribution in [-0.2, 0) is 14.0 Å². The van der Waals surface area contributed by atoms with Crippen LogP contribution in [0.3, 0.4) is 0 Å². The first-order chi connectivity index (χ1) is 17.7. The maximum Gasteiger partial charge on any atom is 0.312 e. The summed E-state index contributed by atoms with van der Waals surface area (Å²) in [5.74, 6) is -0.775. The fraction of sp³-hybridized carbons (Fsp3) is 0.545. The van der Waals surface area contributed by atoms with Crippen LogP contribution >= 0.6 is 0 Å². The zero-order valence-electron chi connectivity index (χ0n) is 24.4. The van der Waals surface area contributed by atoms with Crippen molar-refractivity contribution in [3.05, 3.63) is 82.9 Å². The Labute approximate surface area is 227 Å². The molecule has 0 fully saturated rings. The lowest BCUT2D eigenvalue weighted by atomic mass is 9.73. The molecule has 3 unspecified atom stereocenters. The van der Waals surface area contributed by atoms with E-state index in [1.807, 2.05) is 18.2 Å². The molecule has 0 radical (unpaired) electrons. The standard InChI is InChI=1S/C33H50O3Si/c1-8-10-14-20-26(3)29(25-15-11-9-2)30(27-21-16-12-17-22-27)31(33(34)35-4)32(36-37(5,6)7)28-23-18-13-19-24-28/h12-13,16-19,21-24,30-32H,8-11,14-15,20,25H2,1-7H3/b29-26+. The average Bonchev–Trinajstić information content (AvgIpc) is 2.89. The average molecular weight is 523 g/mol. The highest BCUT2D eigenvalue weighted by molar-refractivity contribution is 6.69. The molecule has 37 heavy (non-hydrogen) atoms. The molecule has 0 heterocycles. The number of carbonyl (C=O) groups excluding carboxylic acids is 1. The van der Waals surface area contributed by atoms with Gasteiger partial charge in [0, 0.05) is 5.92 Å². The molecule has 2 aromatic rings. The predicted octanol–water partition coefficient (Wildman–Crippen LogP) is 9.63. The van der Waals surface area contributed by atoms with Crippen molar-refractivity contribution in [3.8, 4) is 0 Å². The predicted molar refractivity (Wildman–Crippen MR) is 159 cm³/mol. The summed E-state index contributed by atoms with van der Waals surface area (Å²) >= 11 is 0. The summed E-state index contributed by atoms with van der Waals surface area (Å²) in [7, 11) is -0.498. The van der Waals surface area contributed by atoms with Crippen LogP contribution < -0.4 is 0 Å². The molecule has 0 saturated heterocycles. The maximum absolute atomic E-state index is 13.8. The van der Waals surface area contributed by atoms with Crippen LogP contribution in [0.4, 0.5) is 0 Å². The van der Waals surface area contributed by atoms with Crippen molar-refractivity contribution in [1.82, 2.24) is 0 Å². The van der Waals surface area contributed by atoms with E-state index in [0.29, 0.717) is 0 Å². The summed E-state index contributed by atoms with van der Waals surface area (Å²) in [6.45, 7) is 13.4. The van der Waals surface area contributed by atoms with E-state index in [4.69, 9.17) is 9.16 Å². The summed E-state index contributed by atoms with van der Waals surface area (Å²) in [6.07, 6.45) is 8.76. The molecule has 0 aromatic heterocycles. The Bertz CT molecular complexity index is 947. The van der Waals surface area contributed by atoms with Crippen LogP contribution in [0.25, 0.3) is 0 Å². The molecule has 0 amide bonds. The first-order valence-corrected chi connectivity index (χ1v) is 17.7. The number of unbranched alkanes of at least 4 members (excludes halogenated alkanes) is 4. The third-order valence-corrected chi connectivity index (χ3v) is 8.02. The zero-order valence-corrected chi connectivity index (χ0v) is 25.4. The van der Waals surface area contributed by atoms with Crippen molar-refractivity contribution in [1.29, 1.82) is 0 Å². The maximum atomic E-state index is 13.8. The molecule has 0 N–H and O–H groups in total. The van der Waals surface area contributed by atoms with E-state index >= 15 is 0 Å². The second kappa shape index (κ2) is 15.9. The van der Waals surface area contributed by atoms with Gasteiger partial charge in [0.05, 0.1) is 19.1 Å². The fourth-order valence-electron chi connectivity index (χ4n) is 5.23. The van der Waals surface area contributed by atoms with E-state index in [9.17, 15) is 4.79 Å². The van der Waals surface area contributed by atoms with E-state index in [2.05, 4.69) is 82.9 Å². The van der Waals surface area contributed by atoms with E-state index < -0.39 is 14.2 Å². The lowest BCUT2D eigenvalue weighted by molar-refractivity contribution is -0.150. The molecular formula is C33H50O3Si. The van der Waals surface area contributed by atoms with Gasteiger partial charge >= 0.3 is 5.97 Å². The Hall–Kier alpha value is -2.17. The summed E-state index contributed by atoms with van der Waals surface area (Å²) in [5, 5.41) is 0. The van der Waals surface area contributed by atoms with Gasteiger partial charge in [-0.05, 0) is 63.4 Å². The Kier molecular flexibility index (Phi) is 13.4. The number of benzene rings is 2. The fourth-order valence-corrected chi connectivity index (χ4v) is 6.27. The van der Waals surface area contributed by atoms with Crippen molar-refractivity contribution in [3.63, 3.8) is 0 Å². The first kappa shape index (κ1) is 31.0. The number of hydrogen-bond donors (Lipinski definition) is 0. The van der Waals surface area contributed by atoms with Gasteiger partial charge in [0.2, 0.25) is 0 Å². The molecule has 3 nitrogen and oxygen atoms in total.